The van der Waals surface area contributed by atoms with Gasteiger partial charge in [0.1, 0.15) is 5.75 Å². The summed E-state index contributed by atoms with van der Waals surface area (Å²) >= 11 is 0. The van der Waals surface area contributed by atoms with E-state index in [0.717, 1.165) is 10.9 Å². The first-order chi connectivity index (χ1) is 6.14. The number of hydrogen-bond donors (Lipinski definition) is 2. The zero-order valence-corrected chi connectivity index (χ0v) is 8.96. The van der Waals surface area contributed by atoms with Gasteiger partial charge in [0, 0.05) is 0 Å². The largest absolute Gasteiger partial charge is 0.572 e. The first kappa shape index (κ1) is 10.7. The fourth-order valence-electron chi connectivity index (χ4n) is 0.813. The van der Waals surface area contributed by atoms with Crippen molar-refractivity contribution < 1.29 is 14.3 Å². The third-order valence-electron chi connectivity index (χ3n) is 1.26. The van der Waals surface area contributed by atoms with Gasteiger partial charge in [-0.1, -0.05) is 18.2 Å². The topological polar surface area (TPSA) is 49.7 Å². The highest BCUT2D eigenvalue weighted by atomic mass is 32.5. The summed E-state index contributed by atoms with van der Waals surface area (Å²) in [4.78, 5) is 18.8. The lowest BCUT2D eigenvalue weighted by molar-refractivity contribution is 0.370. The lowest BCUT2D eigenvalue weighted by Crippen LogP contribution is -1.92. The van der Waals surface area contributed by atoms with Crippen LogP contribution in [0.4, 0.5) is 0 Å². The first-order valence-corrected chi connectivity index (χ1v) is 7.08. The summed E-state index contributed by atoms with van der Waals surface area (Å²) in [5, 5.41) is 0. The maximum atomic E-state index is 9.38. The first-order valence-electron chi connectivity index (χ1n) is 3.88. The van der Waals surface area contributed by atoms with E-state index in [4.69, 9.17) is 4.52 Å². The second kappa shape index (κ2) is 4.72. The van der Waals surface area contributed by atoms with Crippen LogP contribution in [-0.4, -0.2) is 15.5 Å². The third kappa shape index (κ3) is 3.87. The molecule has 0 aliphatic rings. The Bertz CT molecular complexity index is 306. The molecule has 1 aromatic rings. The molecule has 0 amide bonds. The molecule has 0 aliphatic carbocycles. The average molecular weight is 219 g/mol. The molecule has 2 N–H and O–H groups in total. The van der Waals surface area contributed by atoms with Crippen molar-refractivity contribution >= 4 is 17.7 Å². The van der Waals surface area contributed by atoms with Crippen molar-refractivity contribution in [3.63, 3.8) is 0 Å². The highest BCUT2D eigenvalue weighted by molar-refractivity contribution is 8.16. The number of para-hydroxylation sites is 1. The Balaban J connectivity index is 2.75. The molecule has 0 aromatic heterocycles. The molecule has 1 aromatic carbocycles. The van der Waals surface area contributed by atoms with E-state index in [1.54, 1.807) is 24.3 Å². The molecule has 0 spiro atoms. The van der Waals surface area contributed by atoms with Crippen LogP contribution in [0.15, 0.2) is 30.3 Å². The van der Waals surface area contributed by atoms with E-state index in [9.17, 15) is 9.79 Å². The summed E-state index contributed by atoms with van der Waals surface area (Å²) in [5.74, 6) is 1.11. The Morgan fingerprint density at radius 2 is 1.92 bits per heavy atom. The number of rotatable bonds is 3. The van der Waals surface area contributed by atoms with Crippen molar-refractivity contribution in [3.8, 4) is 5.75 Å². The van der Waals surface area contributed by atoms with Crippen molar-refractivity contribution in [2.75, 3.05) is 5.75 Å². The molecular weight excluding hydrogens is 207 g/mol. The third-order valence-corrected chi connectivity index (χ3v) is 4.32. The summed E-state index contributed by atoms with van der Waals surface area (Å²) in [6.07, 6.45) is 0. The van der Waals surface area contributed by atoms with Gasteiger partial charge >= 0.3 is 6.72 Å². The molecule has 13 heavy (non-hydrogen) atoms. The maximum absolute atomic E-state index is 9.38. The Hall–Kier alpha value is -0.410. The van der Waals surface area contributed by atoms with Gasteiger partial charge in [0.15, 0.2) is 5.75 Å². The lowest BCUT2D eigenvalue weighted by Gasteiger charge is -2.03. The molecule has 1 rings (SSSR count). The molecule has 5 heteroatoms. The smallest absolute Gasteiger partial charge is 0.392 e. The second-order valence-corrected chi connectivity index (χ2v) is 6.51. The van der Waals surface area contributed by atoms with Crippen molar-refractivity contribution in [1.29, 1.82) is 0 Å². The van der Waals surface area contributed by atoms with E-state index in [2.05, 4.69) is 0 Å². The van der Waals surface area contributed by atoms with Crippen LogP contribution in [0, 0.1) is 0 Å². The van der Waals surface area contributed by atoms with Crippen LogP contribution in [0.25, 0.3) is 0 Å². The molecule has 0 saturated heterocycles. The minimum atomic E-state index is -3.25. The van der Waals surface area contributed by atoms with E-state index >= 15 is 0 Å². The van der Waals surface area contributed by atoms with Crippen molar-refractivity contribution in [3.05, 3.63) is 30.3 Å². The SMILES string of the molecule is CC[S+]=P(O)(O)Oc1ccccc1. The van der Waals surface area contributed by atoms with Gasteiger partial charge in [0.2, 0.25) is 10.9 Å². The zero-order valence-electron chi connectivity index (χ0n) is 7.25. The van der Waals surface area contributed by atoms with Gasteiger partial charge in [-0.05, 0) is 19.1 Å². The maximum Gasteiger partial charge on any atom is 0.572 e. The van der Waals surface area contributed by atoms with Crippen LogP contribution < -0.4 is 4.52 Å². The quantitative estimate of drug-likeness (QED) is 0.602. The minimum absolute atomic E-state index is 0.488. The minimum Gasteiger partial charge on any atom is -0.392 e. The summed E-state index contributed by atoms with van der Waals surface area (Å²) in [5.41, 5.74) is 0. The van der Waals surface area contributed by atoms with Gasteiger partial charge in [0.25, 0.3) is 0 Å². The number of hydrogen-bond acceptors (Lipinski definition) is 1. The van der Waals surface area contributed by atoms with Crippen LogP contribution in [-0.2, 0) is 10.9 Å². The number of benzene rings is 1. The molecule has 0 unspecified atom stereocenters. The zero-order chi connectivity index (χ0) is 9.73. The second-order valence-electron chi connectivity index (χ2n) is 2.31. The van der Waals surface area contributed by atoms with Crippen LogP contribution in [0.2, 0.25) is 0 Å². The Morgan fingerprint density at radius 1 is 1.31 bits per heavy atom. The Kier molecular flexibility index (Phi) is 3.88. The van der Waals surface area contributed by atoms with Gasteiger partial charge in [-0.15, -0.1) is 0 Å². The van der Waals surface area contributed by atoms with Gasteiger partial charge in [-0.25, -0.2) is 0 Å². The molecule has 0 fully saturated rings. The Labute approximate surface area is 81.2 Å². The predicted molar refractivity (Wildman–Crippen MR) is 56.3 cm³/mol. The highest BCUT2D eigenvalue weighted by Crippen LogP contribution is 2.39. The molecule has 0 aliphatic heterocycles. The van der Waals surface area contributed by atoms with Crippen LogP contribution >= 0.6 is 6.72 Å². The van der Waals surface area contributed by atoms with E-state index in [-0.39, 0.29) is 0 Å². The van der Waals surface area contributed by atoms with Crippen LogP contribution in [0.3, 0.4) is 0 Å². The lowest BCUT2D eigenvalue weighted by atomic mass is 10.3. The fourth-order valence-corrected chi connectivity index (χ4v) is 3.02. The molecule has 0 saturated carbocycles. The van der Waals surface area contributed by atoms with Gasteiger partial charge in [-0.2, -0.15) is 0 Å². The molecule has 0 atom stereocenters. The molecule has 3 nitrogen and oxygen atoms in total. The molecule has 72 valence electrons. The molecule has 0 heterocycles. The molecular formula is C8H12O3PS+. The summed E-state index contributed by atoms with van der Waals surface area (Å²) in [6, 6.07) is 8.79. The van der Waals surface area contributed by atoms with Gasteiger partial charge < -0.3 is 4.52 Å². The van der Waals surface area contributed by atoms with E-state index in [1.807, 2.05) is 13.0 Å². The fraction of sp³-hybridized carbons (Fsp3) is 0.250. The summed E-state index contributed by atoms with van der Waals surface area (Å²) in [6.45, 7) is -1.40. The van der Waals surface area contributed by atoms with Crippen molar-refractivity contribution in [2.24, 2.45) is 0 Å². The van der Waals surface area contributed by atoms with Gasteiger partial charge in [-0.3, -0.25) is 9.79 Å². The molecule has 0 radical (unpaired) electrons. The Morgan fingerprint density at radius 3 is 2.46 bits per heavy atom. The summed E-state index contributed by atoms with van der Waals surface area (Å²) < 4.78 is 5.03. The standard InChI is InChI=1S/C8H12O3PS/c1-2-13-12(9,10)11-8-6-4-3-5-7-8/h3-7,9-10H,2H2,1H3/q+1. The average Bonchev–Trinajstić information content (AvgIpc) is 2.04. The van der Waals surface area contributed by atoms with E-state index in [1.165, 1.54) is 0 Å². The highest BCUT2D eigenvalue weighted by Gasteiger charge is 2.25. The van der Waals surface area contributed by atoms with Crippen molar-refractivity contribution in [1.82, 2.24) is 0 Å². The van der Waals surface area contributed by atoms with E-state index < -0.39 is 6.72 Å². The summed E-state index contributed by atoms with van der Waals surface area (Å²) in [7, 11) is 1.03. The van der Waals surface area contributed by atoms with E-state index in [0.29, 0.717) is 11.5 Å². The van der Waals surface area contributed by atoms with Crippen LogP contribution in [0.1, 0.15) is 6.92 Å². The van der Waals surface area contributed by atoms with Crippen molar-refractivity contribution in [2.45, 2.75) is 6.92 Å². The van der Waals surface area contributed by atoms with Crippen LogP contribution in [0.5, 0.6) is 5.75 Å². The van der Waals surface area contributed by atoms with Gasteiger partial charge in [0.05, 0.1) is 0 Å². The normalized spacial score (nSPS) is 11.0. The monoisotopic (exact) mass is 219 g/mol. The predicted octanol–water partition coefficient (Wildman–Crippen LogP) is 1.83. The molecule has 0 bridgehead atoms.